The molecule has 4 aliphatic rings. The second-order valence-corrected chi connectivity index (χ2v) is 8.82. The standard InChI is InChI=1S/C22H25NO8/c1-23-8-7-21-17-11-3-4-13(29-2)18(17)31-19(21)14(5-6-22(21,28)15(23)9-11)30-16(25)10-12(24)20(26)27/h3-5,12,15,19,24,28H,6-10H2,1-2H3,(H,26,27)/t12-,15+,19?,21?,22+/m0/s1. The number of ether oxygens (including phenoxy) is 3. The summed E-state index contributed by atoms with van der Waals surface area (Å²) in [5, 5.41) is 30.4. The van der Waals surface area contributed by atoms with Gasteiger partial charge in [-0.25, -0.2) is 4.79 Å². The molecule has 2 heterocycles. The largest absolute Gasteiger partial charge is 0.493 e. The third-order valence-corrected chi connectivity index (χ3v) is 7.43. The molecule has 0 aromatic heterocycles. The maximum absolute atomic E-state index is 12.3. The molecular formula is C22H25NO8. The predicted octanol–water partition coefficient (Wildman–Crippen LogP) is 0.352. The van der Waals surface area contributed by atoms with Crippen molar-refractivity contribution in [1.82, 2.24) is 4.90 Å². The van der Waals surface area contributed by atoms with Gasteiger partial charge < -0.3 is 34.4 Å². The number of rotatable bonds is 5. The van der Waals surface area contributed by atoms with Crippen LogP contribution in [0.4, 0.5) is 0 Å². The summed E-state index contributed by atoms with van der Waals surface area (Å²) in [5.74, 6) is -1.02. The summed E-state index contributed by atoms with van der Waals surface area (Å²) in [6.45, 7) is 0.738. The van der Waals surface area contributed by atoms with Crippen LogP contribution in [-0.4, -0.2) is 76.7 Å². The van der Waals surface area contributed by atoms with Crippen molar-refractivity contribution in [3.8, 4) is 11.5 Å². The molecule has 0 amide bonds. The van der Waals surface area contributed by atoms with Gasteiger partial charge in [0, 0.05) is 18.0 Å². The topological polar surface area (TPSA) is 126 Å². The molecule has 2 aliphatic carbocycles. The first-order chi connectivity index (χ1) is 14.7. The highest BCUT2D eigenvalue weighted by molar-refractivity contribution is 5.81. The number of aliphatic hydroxyl groups is 2. The van der Waals surface area contributed by atoms with Crippen LogP contribution in [-0.2, 0) is 26.2 Å². The Morgan fingerprint density at radius 2 is 2.16 bits per heavy atom. The number of carbonyl (C=O) groups excluding carboxylic acids is 1. The first-order valence-electron chi connectivity index (χ1n) is 10.3. The Morgan fingerprint density at radius 1 is 1.39 bits per heavy atom. The SMILES string of the molecule is COc1ccc2c3c1OC1C(OC(=O)C[C@H](O)C(=O)O)=CC[C@@]4(O)[C@@H](C2)N(C)CCC314. The fraction of sp³-hybridized carbons (Fsp3) is 0.545. The van der Waals surface area contributed by atoms with Gasteiger partial charge in [0.25, 0.3) is 0 Å². The number of benzene rings is 1. The van der Waals surface area contributed by atoms with Crippen LogP contribution in [0.3, 0.4) is 0 Å². The quantitative estimate of drug-likeness (QED) is 0.566. The molecule has 2 bridgehead atoms. The third-order valence-electron chi connectivity index (χ3n) is 7.43. The van der Waals surface area contributed by atoms with Crippen LogP contribution >= 0.6 is 0 Å². The lowest BCUT2D eigenvalue weighted by Crippen LogP contribution is -2.74. The molecule has 31 heavy (non-hydrogen) atoms. The lowest BCUT2D eigenvalue weighted by molar-refractivity contribution is -0.170. The van der Waals surface area contributed by atoms with Crippen molar-refractivity contribution >= 4 is 11.9 Å². The number of carbonyl (C=O) groups is 2. The summed E-state index contributed by atoms with van der Waals surface area (Å²) in [6.07, 6.45) is -0.0812. The Balaban J connectivity index is 1.59. The van der Waals surface area contributed by atoms with Crippen molar-refractivity contribution in [2.24, 2.45) is 0 Å². The highest BCUT2D eigenvalue weighted by Crippen LogP contribution is 2.65. The van der Waals surface area contributed by atoms with E-state index < -0.39 is 41.6 Å². The van der Waals surface area contributed by atoms with Crippen molar-refractivity contribution in [1.29, 1.82) is 0 Å². The third kappa shape index (κ3) is 2.54. The molecule has 9 heteroatoms. The summed E-state index contributed by atoms with van der Waals surface area (Å²) < 4.78 is 17.4. The van der Waals surface area contributed by atoms with Crippen LogP contribution in [0.25, 0.3) is 0 Å². The fourth-order valence-corrected chi connectivity index (χ4v) is 6.01. The first-order valence-corrected chi connectivity index (χ1v) is 10.3. The van der Waals surface area contributed by atoms with E-state index in [4.69, 9.17) is 19.3 Å². The molecule has 5 atom stereocenters. The Kier molecular flexibility index (Phi) is 4.38. The smallest absolute Gasteiger partial charge is 0.333 e. The monoisotopic (exact) mass is 431 g/mol. The van der Waals surface area contributed by atoms with E-state index in [9.17, 15) is 19.8 Å². The summed E-state index contributed by atoms with van der Waals surface area (Å²) >= 11 is 0. The van der Waals surface area contributed by atoms with Crippen molar-refractivity contribution in [2.75, 3.05) is 20.7 Å². The van der Waals surface area contributed by atoms with E-state index in [0.717, 1.165) is 17.7 Å². The van der Waals surface area contributed by atoms with E-state index in [2.05, 4.69) is 4.90 Å². The first kappa shape index (κ1) is 20.3. The number of aliphatic carboxylic acids is 1. The molecule has 9 nitrogen and oxygen atoms in total. The van der Waals surface area contributed by atoms with E-state index in [1.807, 2.05) is 19.2 Å². The molecule has 1 fully saturated rings. The van der Waals surface area contributed by atoms with Gasteiger partial charge in [-0.05, 0) is 44.1 Å². The second-order valence-electron chi connectivity index (χ2n) is 8.82. The number of likely N-dealkylation sites (N-methyl/N-ethyl adjacent to an activating group) is 1. The number of carboxylic acid groups (broad SMARTS) is 1. The number of carboxylic acids is 1. The van der Waals surface area contributed by atoms with Crippen molar-refractivity contribution < 1.29 is 39.1 Å². The zero-order chi connectivity index (χ0) is 22.1. The van der Waals surface area contributed by atoms with Crippen LogP contribution < -0.4 is 9.47 Å². The highest BCUT2D eigenvalue weighted by atomic mass is 16.6. The van der Waals surface area contributed by atoms with Crippen LogP contribution in [0, 0.1) is 0 Å². The average Bonchev–Trinajstić information content (AvgIpc) is 3.08. The van der Waals surface area contributed by atoms with Crippen LogP contribution in [0.2, 0.25) is 0 Å². The number of methoxy groups -OCH3 is 1. The number of hydrogen-bond donors (Lipinski definition) is 3. The molecule has 0 radical (unpaired) electrons. The van der Waals surface area contributed by atoms with Gasteiger partial charge in [-0.3, -0.25) is 4.79 Å². The molecule has 2 unspecified atom stereocenters. The number of aliphatic hydroxyl groups excluding tert-OH is 1. The number of hydrogen-bond acceptors (Lipinski definition) is 8. The van der Waals surface area contributed by atoms with Crippen molar-refractivity contribution in [2.45, 2.75) is 54.9 Å². The van der Waals surface area contributed by atoms with Crippen LogP contribution in [0.5, 0.6) is 11.5 Å². The molecule has 5 rings (SSSR count). The molecule has 1 aromatic carbocycles. The minimum atomic E-state index is -1.84. The minimum absolute atomic E-state index is 0.124. The molecule has 0 saturated carbocycles. The Morgan fingerprint density at radius 3 is 2.87 bits per heavy atom. The van der Waals surface area contributed by atoms with Crippen LogP contribution in [0.15, 0.2) is 24.0 Å². The summed E-state index contributed by atoms with van der Waals surface area (Å²) in [7, 11) is 3.56. The van der Waals surface area contributed by atoms with Gasteiger partial charge in [-0.2, -0.15) is 0 Å². The Hall–Kier alpha value is -2.62. The lowest BCUT2D eigenvalue weighted by atomic mass is 9.50. The molecular weight excluding hydrogens is 406 g/mol. The highest BCUT2D eigenvalue weighted by Gasteiger charge is 2.72. The fourth-order valence-electron chi connectivity index (χ4n) is 6.01. The Labute approximate surface area is 178 Å². The van der Waals surface area contributed by atoms with E-state index >= 15 is 0 Å². The average molecular weight is 431 g/mol. The molecule has 1 aromatic rings. The Bertz CT molecular complexity index is 1010. The summed E-state index contributed by atoms with van der Waals surface area (Å²) in [5.41, 5.74) is 0.0627. The number of piperidine rings is 1. The van der Waals surface area contributed by atoms with E-state index in [0.29, 0.717) is 24.3 Å². The van der Waals surface area contributed by atoms with Gasteiger partial charge in [-0.1, -0.05) is 6.07 Å². The molecule has 2 aliphatic heterocycles. The maximum atomic E-state index is 12.3. The number of esters is 1. The van der Waals surface area contributed by atoms with Gasteiger partial charge in [-0.15, -0.1) is 0 Å². The van der Waals surface area contributed by atoms with E-state index in [1.54, 1.807) is 13.2 Å². The van der Waals surface area contributed by atoms with Gasteiger partial charge in [0.15, 0.2) is 23.7 Å². The normalized spacial score (nSPS) is 33.6. The van der Waals surface area contributed by atoms with Gasteiger partial charge >= 0.3 is 11.9 Å². The number of likely N-dealkylation sites (tertiary alicyclic amines) is 1. The molecule has 3 N–H and O–H groups in total. The summed E-state index contributed by atoms with van der Waals surface area (Å²) in [4.78, 5) is 25.4. The maximum Gasteiger partial charge on any atom is 0.333 e. The zero-order valence-corrected chi connectivity index (χ0v) is 17.3. The van der Waals surface area contributed by atoms with E-state index in [-0.39, 0.29) is 18.2 Å². The predicted molar refractivity (Wildman–Crippen MR) is 106 cm³/mol. The second kappa shape index (κ2) is 6.69. The van der Waals surface area contributed by atoms with Crippen LogP contribution in [0.1, 0.15) is 30.4 Å². The molecule has 1 spiro atoms. The van der Waals surface area contributed by atoms with Gasteiger partial charge in [0.05, 0.1) is 24.5 Å². The van der Waals surface area contributed by atoms with Crippen molar-refractivity contribution in [3.63, 3.8) is 0 Å². The number of nitrogens with zero attached hydrogens (tertiary/aromatic N) is 1. The van der Waals surface area contributed by atoms with Gasteiger partial charge in [0.2, 0.25) is 0 Å². The van der Waals surface area contributed by atoms with E-state index in [1.165, 1.54) is 0 Å². The van der Waals surface area contributed by atoms with Gasteiger partial charge in [0.1, 0.15) is 5.76 Å². The molecule has 1 saturated heterocycles. The summed E-state index contributed by atoms with van der Waals surface area (Å²) in [6, 6.07) is 3.73. The zero-order valence-electron chi connectivity index (χ0n) is 17.3. The minimum Gasteiger partial charge on any atom is -0.493 e. The molecule has 166 valence electrons. The van der Waals surface area contributed by atoms with Crippen molar-refractivity contribution in [3.05, 3.63) is 35.1 Å². The lowest BCUT2D eigenvalue weighted by Gasteiger charge is -2.61.